The predicted molar refractivity (Wildman–Crippen MR) is 114 cm³/mol. The van der Waals surface area contributed by atoms with Crippen molar-refractivity contribution in [1.29, 1.82) is 0 Å². The van der Waals surface area contributed by atoms with Crippen LogP contribution in [-0.4, -0.2) is 34.9 Å². The molecular weight excluding hydrogens is 406 g/mol. The molecule has 1 atom stereocenters. The summed E-state index contributed by atoms with van der Waals surface area (Å²) in [4.78, 5) is 17.0. The van der Waals surface area contributed by atoms with E-state index in [4.69, 9.17) is 26.8 Å². The minimum Gasteiger partial charge on any atom is -0.497 e. The molecule has 3 aromatic rings. The Balaban J connectivity index is 1.94. The maximum absolute atomic E-state index is 12.4. The molecule has 0 radical (unpaired) electrons. The van der Waals surface area contributed by atoms with Gasteiger partial charge in [0.15, 0.2) is 5.82 Å². The lowest BCUT2D eigenvalue weighted by Gasteiger charge is -2.28. The van der Waals surface area contributed by atoms with E-state index in [0.29, 0.717) is 45.1 Å². The lowest BCUT2D eigenvalue weighted by molar-refractivity contribution is -0.115. The van der Waals surface area contributed by atoms with Gasteiger partial charge in [-0.05, 0) is 37.3 Å². The predicted octanol–water partition coefficient (Wildman–Crippen LogP) is 3.39. The zero-order chi connectivity index (χ0) is 21.4. The van der Waals surface area contributed by atoms with Crippen molar-refractivity contribution in [3.8, 4) is 22.9 Å². The fraction of sp³-hybridized carbons (Fsp3) is 0.190. The summed E-state index contributed by atoms with van der Waals surface area (Å²) >= 11 is 6.13. The number of rotatable bonds is 5. The topological polar surface area (TPSA) is 104 Å². The van der Waals surface area contributed by atoms with Crippen LogP contribution in [0, 0.1) is 0 Å². The van der Waals surface area contributed by atoms with E-state index in [1.54, 1.807) is 56.2 Å². The first-order valence-electron chi connectivity index (χ1n) is 9.15. The second-order valence-electron chi connectivity index (χ2n) is 6.75. The van der Waals surface area contributed by atoms with Crippen LogP contribution in [0.15, 0.2) is 53.7 Å². The smallest absolute Gasteiger partial charge is 0.248 e. The normalized spacial score (nSPS) is 15.4. The van der Waals surface area contributed by atoms with Crippen LogP contribution in [0.4, 0.5) is 5.95 Å². The first-order chi connectivity index (χ1) is 14.4. The molecular formula is C21H20ClN5O3. The molecule has 8 nitrogen and oxygen atoms in total. The van der Waals surface area contributed by atoms with Crippen LogP contribution in [0.3, 0.4) is 0 Å². The number of aromatic nitrogens is 3. The number of hydrogen-bond acceptors (Lipinski definition) is 6. The summed E-state index contributed by atoms with van der Waals surface area (Å²) in [5.74, 6) is 1.55. The molecule has 2 heterocycles. The number of methoxy groups -OCH3 is 2. The second kappa shape index (κ2) is 7.72. The van der Waals surface area contributed by atoms with Gasteiger partial charge in [-0.2, -0.15) is 4.98 Å². The van der Waals surface area contributed by atoms with Crippen molar-refractivity contribution in [2.75, 3.05) is 19.5 Å². The molecule has 2 aromatic carbocycles. The van der Waals surface area contributed by atoms with E-state index in [2.05, 4.69) is 15.4 Å². The SMILES string of the molecule is COc1ccc(OC)c([C@@H]2C(C(N)=O)=C(C)Nc3nc(-c4cccc(Cl)c4)nn32)c1. The molecule has 0 bridgehead atoms. The molecule has 0 fully saturated rings. The molecule has 1 aliphatic heterocycles. The lowest BCUT2D eigenvalue weighted by atomic mass is 9.94. The average molecular weight is 426 g/mol. The van der Waals surface area contributed by atoms with E-state index in [0.717, 1.165) is 5.56 Å². The van der Waals surface area contributed by atoms with Crippen LogP contribution in [-0.2, 0) is 4.79 Å². The molecule has 30 heavy (non-hydrogen) atoms. The van der Waals surface area contributed by atoms with E-state index in [1.807, 2.05) is 12.1 Å². The summed E-state index contributed by atoms with van der Waals surface area (Å²) in [6.45, 7) is 1.77. The van der Waals surface area contributed by atoms with Gasteiger partial charge in [0.25, 0.3) is 0 Å². The summed E-state index contributed by atoms with van der Waals surface area (Å²) in [5.41, 5.74) is 8.13. The van der Waals surface area contributed by atoms with Crippen LogP contribution in [0.25, 0.3) is 11.4 Å². The van der Waals surface area contributed by atoms with Crippen molar-refractivity contribution in [2.45, 2.75) is 13.0 Å². The molecule has 1 aliphatic rings. The van der Waals surface area contributed by atoms with Gasteiger partial charge in [0.05, 0.1) is 19.8 Å². The van der Waals surface area contributed by atoms with Crippen LogP contribution in [0.2, 0.25) is 5.02 Å². The Morgan fingerprint density at radius 2 is 2.00 bits per heavy atom. The Morgan fingerprint density at radius 1 is 1.20 bits per heavy atom. The Morgan fingerprint density at radius 3 is 2.67 bits per heavy atom. The number of ether oxygens (including phenoxy) is 2. The molecule has 0 aliphatic carbocycles. The summed E-state index contributed by atoms with van der Waals surface area (Å²) in [7, 11) is 3.13. The summed E-state index contributed by atoms with van der Waals surface area (Å²) in [6.07, 6.45) is 0. The second-order valence-corrected chi connectivity index (χ2v) is 7.19. The van der Waals surface area contributed by atoms with E-state index in [1.165, 1.54) is 0 Å². The molecule has 9 heteroatoms. The van der Waals surface area contributed by atoms with Crippen molar-refractivity contribution >= 4 is 23.5 Å². The molecule has 3 N–H and O–H groups in total. The Bertz CT molecular complexity index is 1170. The van der Waals surface area contributed by atoms with E-state index in [-0.39, 0.29) is 0 Å². The number of carbonyl (C=O) groups excluding carboxylic acids is 1. The van der Waals surface area contributed by atoms with Gasteiger partial charge in [-0.15, -0.1) is 5.10 Å². The standard InChI is InChI=1S/C21H20ClN5O3/c1-11-17(19(23)28)18(15-10-14(29-2)7-8-16(15)30-3)27-21(24-11)25-20(26-27)12-5-4-6-13(22)9-12/h4-10,18H,1-3H3,(H2,23,28)(H,24,25,26)/t18-/m1/s1. The largest absolute Gasteiger partial charge is 0.497 e. The molecule has 0 saturated heterocycles. The number of primary amides is 1. The molecule has 0 spiro atoms. The number of allylic oxidation sites excluding steroid dienone is 1. The summed E-state index contributed by atoms with van der Waals surface area (Å²) in [5, 5.41) is 8.36. The Kier molecular flexibility index (Phi) is 5.09. The van der Waals surface area contributed by atoms with Crippen molar-refractivity contribution < 1.29 is 14.3 Å². The molecule has 4 rings (SSSR count). The van der Waals surface area contributed by atoms with Gasteiger partial charge in [-0.1, -0.05) is 23.7 Å². The first kappa shape index (κ1) is 19.8. The number of nitrogens with zero attached hydrogens (tertiary/aromatic N) is 3. The molecule has 0 saturated carbocycles. The van der Waals surface area contributed by atoms with E-state index >= 15 is 0 Å². The number of anilines is 1. The zero-order valence-electron chi connectivity index (χ0n) is 16.6. The van der Waals surface area contributed by atoms with Gasteiger partial charge in [0, 0.05) is 21.8 Å². The average Bonchev–Trinajstić information content (AvgIpc) is 3.15. The van der Waals surface area contributed by atoms with Crippen molar-refractivity contribution in [3.05, 3.63) is 64.3 Å². The minimum absolute atomic E-state index is 0.358. The van der Waals surface area contributed by atoms with Crippen LogP contribution >= 0.6 is 11.6 Å². The monoisotopic (exact) mass is 425 g/mol. The van der Waals surface area contributed by atoms with Crippen LogP contribution in [0.1, 0.15) is 18.5 Å². The maximum atomic E-state index is 12.4. The highest BCUT2D eigenvalue weighted by Crippen LogP contribution is 2.41. The molecule has 1 amide bonds. The Hall–Kier alpha value is -3.52. The highest BCUT2D eigenvalue weighted by Gasteiger charge is 2.35. The number of nitrogens with two attached hydrogens (primary N) is 1. The number of fused-ring (bicyclic) bond motifs is 1. The van der Waals surface area contributed by atoms with Crippen molar-refractivity contribution in [2.24, 2.45) is 5.73 Å². The fourth-order valence-electron chi connectivity index (χ4n) is 3.56. The van der Waals surface area contributed by atoms with Gasteiger partial charge in [-0.25, -0.2) is 4.68 Å². The first-order valence-corrected chi connectivity index (χ1v) is 9.52. The van der Waals surface area contributed by atoms with E-state index in [9.17, 15) is 4.79 Å². The van der Waals surface area contributed by atoms with Gasteiger partial charge >= 0.3 is 0 Å². The van der Waals surface area contributed by atoms with Crippen molar-refractivity contribution in [1.82, 2.24) is 14.8 Å². The lowest BCUT2D eigenvalue weighted by Crippen LogP contribution is -2.32. The van der Waals surface area contributed by atoms with E-state index < -0.39 is 11.9 Å². The highest BCUT2D eigenvalue weighted by molar-refractivity contribution is 6.30. The fourth-order valence-corrected chi connectivity index (χ4v) is 3.75. The quantitative estimate of drug-likeness (QED) is 0.649. The minimum atomic E-state index is -0.649. The Labute approximate surface area is 178 Å². The summed E-state index contributed by atoms with van der Waals surface area (Å²) < 4.78 is 12.6. The van der Waals surface area contributed by atoms with Gasteiger partial charge in [0.2, 0.25) is 11.9 Å². The van der Waals surface area contributed by atoms with Crippen LogP contribution < -0.4 is 20.5 Å². The number of amides is 1. The number of benzene rings is 2. The maximum Gasteiger partial charge on any atom is 0.248 e. The van der Waals surface area contributed by atoms with Gasteiger partial charge in [-0.3, -0.25) is 4.79 Å². The van der Waals surface area contributed by atoms with Gasteiger partial charge < -0.3 is 20.5 Å². The van der Waals surface area contributed by atoms with Crippen LogP contribution in [0.5, 0.6) is 11.5 Å². The van der Waals surface area contributed by atoms with Gasteiger partial charge in [0.1, 0.15) is 17.5 Å². The molecule has 154 valence electrons. The molecule has 1 aromatic heterocycles. The number of hydrogen-bond donors (Lipinski definition) is 2. The third-order valence-corrected chi connectivity index (χ3v) is 5.17. The molecule has 0 unspecified atom stereocenters. The third kappa shape index (κ3) is 3.35. The zero-order valence-corrected chi connectivity index (χ0v) is 17.4. The number of halogens is 1. The third-order valence-electron chi connectivity index (χ3n) is 4.93. The van der Waals surface area contributed by atoms with Crippen molar-refractivity contribution in [3.63, 3.8) is 0 Å². The highest BCUT2D eigenvalue weighted by atomic mass is 35.5. The number of nitrogens with one attached hydrogen (secondary N) is 1. The summed E-state index contributed by atoms with van der Waals surface area (Å²) in [6, 6.07) is 12.0. The number of carbonyl (C=O) groups is 1.